The number of hydrogen-bond donors (Lipinski definition) is 2. The van der Waals surface area contributed by atoms with Gasteiger partial charge in [0.25, 0.3) is 11.8 Å². The van der Waals surface area contributed by atoms with Crippen molar-refractivity contribution in [2.75, 3.05) is 19.5 Å². The monoisotopic (exact) mass is 396 g/mol. The molecule has 3 rings (SSSR count). The molecule has 7 heteroatoms. The minimum absolute atomic E-state index is 0.252. The topological polar surface area (TPSA) is 76.7 Å². The minimum atomic E-state index is -0.293. The van der Waals surface area contributed by atoms with E-state index in [4.69, 9.17) is 9.47 Å². The van der Waals surface area contributed by atoms with Crippen LogP contribution in [0.5, 0.6) is 11.5 Å². The van der Waals surface area contributed by atoms with Gasteiger partial charge < -0.3 is 20.1 Å². The van der Waals surface area contributed by atoms with E-state index < -0.39 is 0 Å². The molecular weight excluding hydrogens is 376 g/mol. The second-order valence-electron chi connectivity index (χ2n) is 5.87. The van der Waals surface area contributed by atoms with Crippen molar-refractivity contribution in [1.82, 2.24) is 5.32 Å². The quantitative estimate of drug-likeness (QED) is 0.634. The van der Waals surface area contributed by atoms with Gasteiger partial charge in [0.05, 0.1) is 31.0 Å². The Morgan fingerprint density at radius 1 is 1.00 bits per heavy atom. The van der Waals surface area contributed by atoms with E-state index in [1.165, 1.54) is 11.3 Å². The molecule has 3 aromatic rings. The Bertz CT molecular complexity index is 970. The fraction of sp³-hybridized carbons (Fsp3) is 0.143. The number of anilines is 1. The van der Waals surface area contributed by atoms with Gasteiger partial charge in [-0.15, -0.1) is 0 Å². The lowest BCUT2D eigenvalue weighted by atomic mass is 10.1. The molecule has 0 saturated heterocycles. The molecule has 0 unspecified atom stereocenters. The van der Waals surface area contributed by atoms with Crippen LogP contribution in [0.4, 0.5) is 5.69 Å². The van der Waals surface area contributed by atoms with Crippen LogP contribution in [0.15, 0.2) is 59.3 Å². The minimum Gasteiger partial charge on any atom is -0.497 e. The van der Waals surface area contributed by atoms with Gasteiger partial charge in [0.2, 0.25) is 0 Å². The van der Waals surface area contributed by atoms with Gasteiger partial charge in [-0.05, 0) is 35.7 Å². The van der Waals surface area contributed by atoms with Gasteiger partial charge in [-0.25, -0.2) is 0 Å². The number of amides is 2. The van der Waals surface area contributed by atoms with E-state index in [9.17, 15) is 9.59 Å². The summed E-state index contributed by atoms with van der Waals surface area (Å²) in [5.74, 6) is 0.754. The van der Waals surface area contributed by atoms with Crippen LogP contribution in [-0.2, 0) is 6.54 Å². The normalized spacial score (nSPS) is 10.2. The van der Waals surface area contributed by atoms with E-state index in [-0.39, 0.29) is 18.4 Å². The van der Waals surface area contributed by atoms with Crippen LogP contribution in [0.25, 0.3) is 0 Å². The summed E-state index contributed by atoms with van der Waals surface area (Å²) >= 11 is 1.44. The second-order valence-corrected chi connectivity index (χ2v) is 6.65. The number of carbonyl (C=O) groups is 2. The van der Waals surface area contributed by atoms with Gasteiger partial charge >= 0.3 is 0 Å². The number of rotatable bonds is 7. The van der Waals surface area contributed by atoms with Crippen LogP contribution in [0.1, 0.15) is 26.3 Å². The van der Waals surface area contributed by atoms with Gasteiger partial charge in [-0.3, -0.25) is 9.59 Å². The summed E-state index contributed by atoms with van der Waals surface area (Å²) in [5, 5.41) is 9.25. The second kappa shape index (κ2) is 9.05. The average Bonchev–Trinajstić information content (AvgIpc) is 3.27. The standard InChI is InChI=1S/C21H20N2O4S/c1-26-16-8-7-14(19(11-16)27-2)12-22-21(25)17-5-3-4-6-18(17)23-20(24)15-9-10-28-13-15/h3-11,13H,12H2,1-2H3,(H,22,25)(H,23,24). The molecule has 0 aliphatic heterocycles. The number of nitrogens with one attached hydrogen (secondary N) is 2. The van der Waals surface area contributed by atoms with Crippen molar-refractivity contribution in [3.8, 4) is 11.5 Å². The van der Waals surface area contributed by atoms with Gasteiger partial charge in [0, 0.05) is 23.6 Å². The molecule has 0 bridgehead atoms. The first kappa shape index (κ1) is 19.4. The molecule has 2 aromatic carbocycles. The predicted molar refractivity (Wildman–Crippen MR) is 109 cm³/mol. The summed E-state index contributed by atoms with van der Waals surface area (Å²) in [4.78, 5) is 25.0. The smallest absolute Gasteiger partial charge is 0.256 e. The molecule has 0 saturated carbocycles. The first-order valence-corrected chi connectivity index (χ1v) is 9.48. The number of para-hydroxylation sites is 1. The van der Waals surface area contributed by atoms with Crippen molar-refractivity contribution in [2.24, 2.45) is 0 Å². The van der Waals surface area contributed by atoms with Crippen molar-refractivity contribution >= 4 is 28.8 Å². The molecule has 2 amide bonds. The number of benzene rings is 2. The number of carbonyl (C=O) groups excluding carboxylic acids is 2. The first-order chi connectivity index (χ1) is 13.6. The highest BCUT2D eigenvalue weighted by Gasteiger charge is 2.15. The van der Waals surface area contributed by atoms with Crippen LogP contribution in [0.2, 0.25) is 0 Å². The maximum atomic E-state index is 12.7. The molecule has 1 aromatic heterocycles. The van der Waals surface area contributed by atoms with E-state index in [1.807, 2.05) is 11.4 Å². The zero-order valence-electron chi connectivity index (χ0n) is 15.5. The highest BCUT2D eigenvalue weighted by Crippen LogP contribution is 2.25. The zero-order valence-corrected chi connectivity index (χ0v) is 16.3. The van der Waals surface area contributed by atoms with Gasteiger partial charge in [0.1, 0.15) is 11.5 Å². The maximum Gasteiger partial charge on any atom is 0.256 e. The molecule has 28 heavy (non-hydrogen) atoms. The largest absolute Gasteiger partial charge is 0.497 e. The summed E-state index contributed by atoms with van der Waals surface area (Å²) in [7, 11) is 3.15. The Hall–Kier alpha value is -3.32. The average molecular weight is 396 g/mol. The fourth-order valence-corrected chi connectivity index (χ4v) is 3.28. The lowest BCUT2D eigenvalue weighted by Gasteiger charge is -2.13. The Morgan fingerprint density at radius 3 is 2.54 bits per heavy atom. The SMILES string of the molecule is COc1ccc(CNC(=O)c2ccccc2NC(=O)c2ccsc2)c(OC)c1. The Balaban J connectivity index is 1.72. The molecule has 0 aliphatic carbocycles. The number of ether oxygens (including phenoxy) is 2. The number of thiophene rings is 1. The Morgan fingerprint density at radius 2 is 1.82 bits per heavy atom. The van der Waals surface area contributed by atoms with Crippen molar-refractivity contribution in [2.45, 2.75) is 6.54 Å². The molecule has 2 N–H and O–H groups in total. The lowest BCUT2D eigenvalue weighted by Crippen LogP contribution is -2.25. The van der Waals surface area contributed by atoms with E-state index in [1.54, 1.807) is 62.1 Å². The fourth-order valence-electron chi connectivity index (χ4n) is 2.65. The number of hydrogen-bond acceptors (Lipinski definition) is 5. The molecule has 0 radical (unpaired) electrons. The van der Waals surface area contributed by atoms with Crippen LogP contribution in [0.3, 0.4) is 0 Å². The van der Waals surface area contributed by atoms with Crippen molar-refractivity contribution in [3.63, 3.8) is 0 Å². The van der Waals surface area contributed by atoms with Gasteiger partial charge in [-0.1, -0.05) is 12.1 Å². The summed E-state index contributed by atoms with van der Waals surface area (Å²) in [6.07, 6.45) is 0. The molecule has 144 valence electrons. The van der Waals surface area contributed by atoms with Crippen molar-refractivity contribution in [1.29, 1.82) is 0 Å². The van der Waals surface area contributed by atoms with Crippen LogP contribution in [-0.4, -0.2) is 26.0 Å². The maximum absolute atomic E-state index is 12.7. The molecule has 0 atom stereocenters. The zero-order chi connectivity index (χ0) is 19.9. The van der Waals surface area contributed by atoms with E-state index in [0.29, 0.717) is 28.3 Å². The lowest BCUT2D eigenvalue weighted by molar-refractivity contribution is 0.0951. The summed E-state index contributed by atoms with van der Waals surface area (Å²) in [6.45, 7) is 0.277. The third-order valence-electron chi connectivity index (χ3n) is 4.14. The van der Waals surface area contributed by atoms with Crippen LogP contribution < -0.4 is 20.1 Å². The van der Waals surface area contributed by atoms with Gasteiger partial charge in [0.15, 0.2) is 0 Å². The molecule has 0 fully saturated rings. The highest BCUT2D eigenvalue weighted by molar-refractivity contribution is 7.08. The predicted octanol–water partition coefficient (Wildman–Crippen LogP) is 3.95. The Labute approximate surface area is 167 Å². The summed E-state index contributed by atoms with van der Waals surface area (Å²) < 4.78 is 10.5. The van der Waals surface area contributed by atoms with Gasteiger partial charge in [-0.2, -0.15) is 11.3 Å². The molecule has 1 heterocycles. The highest BCUT2D eigenvalue weighted by atomic mass is 32.1. The third kappa shape index (κ3) is 4.50. The first-order valence-electron chi connectivity index (χ1n) is 8.54. The molecule has 0 spiro atoms. The van der Waals surface area contributed by atoms with E-state index in [0.717, 1.165) is 5.56 Å². The Kier molecular flexibility index (Phi) is 6.29. The van der Waals surface area contributed by atoms with Crippen molar-refractivity contribution < 1.29 is 19.1 Å². The summed E-state index contributed by atoms with van der Waals surface area (Å²) in [5.41, 5.74) is 2.22. The van der Waals surface area contributed by atoms with E-state index in [2.05, 4.69) is 10.6 Å². The van der Waals surface area contributed by atoms with Crippen molar-refractivity contribution in [3.05, 3.63) is 76.0 Å². The van der Waals surface area contributed by atoms with Crippen LogP contribution >= 0.6 is 11.3 Å². The van der Waals surface area contributed by atoms with Crippen LogP contribution in [0, 0.1) is 0 Å². The van der Waals surface area contributed by atoms with E-state index >= 15 is 0 Å². The summed E-state index contributed by atoms with van der Waals surface area (Å²) in [6, 6.07) is 14.0. The molecule has 0 aliphatic rings. The molecular formula is C21H20N2O4S. The molecule has 6 nitrogen and oxygen atoms in total. The number of methoxy groups -OCH3 is 2. The third-order valence-corrected chi connectivity index (χ3v) is 4.82.